The maximum Gasteiger partial charge on any atom is 0.330 e. The maximum absolute atomic E-state index is 10.5. The van der Waals surface area contributed by atoms with Crippen molar-refractivity contribution in [2.45, 2.75) is 12.5 Å². The van der Waals surface area contributed by atoms with Gasteiger partial charge in [-0.25, -0.2) is 10.3 Å². The molecule has 2 N–H and O–H groups in total. The Morgan fingerprint density at radius 1 is 1.46 bits per heavy atom. The van der Waals surface area contributed by atoms with Gasteiger partial charge in [0.05, 0.1) is 0 Å². The molecule has 4 nitrogen and oxygen atoms in total. The highest BCUT2D eigenvalue weighted by molar-refractivity contribution is 5.73. The molecule has 1 aromatic rings. The number of hydrogen-bond acceptors (Lipinski definition) is 3. The van der Waals surface area contributed by atoms with Crippen LogP contribution < -0.4 is 0 Å². The molecule has 68 valence electrons. The van der Waals surface area contributed by atoms with Crippen LogP contribution in [-0.2, 0) is 11.2 Å². The van der Waals surface area contributed by atoms with E-state index in [4.69, 9.17) is 10.6 Å². The van der Waals surface area contributed by atoms with E-state index in [1.807, 2.05) is 30.3 Å². The van der Waals surface area contributed by atoms with E-state index >= 15 is 0 Å². The van der Waals surface area contributed by atoms with Crippen molar-refractivity contribution in [1.82, 2.24) is 0 Å². The number of aliphatic carboxylic acids is 1. The number of nitrogens with zero attached hydrogens (tertiary/aromatic N) is 1. The highest BCUT2D eigenvalue weighted by atomic mass is 16.4. The van der Waals surface area contributed by atoms with Gasteiger partial charge >= 0.3 is 5.97 Å². The van der Waals surface area contributed by atoms with E-state index in [-0.39, 0.29) is 6.42 Å². The van der Waals surface area contributed by atoms with E-state index < -0.39 is 12.0 Å². The number of carboxylic acid groups (broad SMARTS) is 1. The van der Waals surface area contributed by atoms with E-state index in [1.165, 1.54) is 0 Å². The van der Waals surface area contributed by atoms with E-state index in [0.29, 0.717) is 0 Å². The molecule has 0 aromatic heterocycles. The lowest BCUT2D eigenvalue weighted by molar-refractivity contribution is -0.138. The fourth-order valence-corrected chi connectivity index (χ4v) is 1.03. The van der Waals surface area contributed by atoms with Crippen LogP contribution in [0.2, 0.25) is 0 Å². The standard InChI is InChI=1S/C9H10N2O2/c10-11-8(9(12)13)6-7-4-2-1-3-5-7/h1-5,8,10H,6H2,(H,12,13). The summed E-state index contributed by atoms with van der Waals surface area (Å²) >= 11 is 0. The lowest BCUT2D eigenvalue weighted by Gasteiger charge is -2.04. The first-order valence-corrected chi connectivity index (χ1v) is 3.87. The second-order valence-electron chi connectivity index (χ2n) is 2.67. The van der Waals surface area contributed by atoms with Gasteiger partial charge in [-0.1, -0.05) is 30.3 Å². The average Bonchev–Trinajstić information content (AvgIpc) is 2.15. The first-order chi connectivity index (χ1) is 6.24. The molecule has 1 atom stereocenters. The molecule has 13 heavy (non-hydrogen) atoms. The Morgan fingerprint density at radius 2 is 2.08 bits per heavy atom. The van der Waals surface area contributed by atoms with Crippen LogP contribution in [0, 0.1) is 5.53 Å². The Bertz CT molecular complexity index is 298. The topological polar surface area (TPSA) is 73.5 Å². The summed E-state index contributed by atoms with van der Waals surface area (Å²) in [6, 6.07) is 8.21. The van der Waals surface area contributed by atoms with Crippen LogP contribution >= 0.6 is 0 Å². The van der Waals surface area contributed by atoms with Gasteiger partial charge in [0.25, 0.3) is 0 Å². The fraction of sp³-hybridized carbons (Fsp3) is 0.222. The lowest BCUT2D eigenvalue weighted by Crippen LogP contribution is -2.19. The summed E-state index contributed by atoms with van der Waals surface area (Å²) in [6.07, 6.45) is 0.277. The number of nitrogens with one attached hydrogen (secondary N) is 1. The van der Waals surface area contributed by atoms with Gasteiger partial charge in [-0.3, -0.25) is 0 Å². The third-order valence-corrected chi connectivity index (χ3v) is 1.71. The van der Waals surface area contributed by atoms with Gasteiger partial charge in [0.1, 0.15) is 0 Å². The van der Waals surface area contributed by atoms with Crippen LogP contribution in [0.4, 0.5) is 0 Å². The monoisotopic (exact) mass is 178 g/mol. The molecule has 0 saturated carbocycles. The molecule has 0 spiro atoms. The Hall–Kier alpha value is -1.71. The Morgan fingerprint density at radius 3 is 2.54 bits per heavy atom. The normalized spacial score (nSPS) is 12.0. The van der Waals surface area contributed by atoms with Crippen LogP contribution in [0.1, 0.15) is 5.56 Å². The van der Waals surface area contributed by atoms with E-state index in [1.54, 1.807) is 0 Å². The minimum absolute atomic E-state index is 0.277. The quantitative estimate of drug-likeness (QED) is 0.689. The number of rotatable bonds is 4. The highest BCUT2D eigenvalue weighted by Gasteiger charge is 2.15. The molecule has 0 bridgehead atoms. The minimum Gasteiger partial charge on any atom is -0.480 e. The van der Waals surface area contributed by atoms with E-state index in [2.05, 4.69) is 5.11 Å². The zero-order chi connectivity index (χ0) is 9.68. The van der Waals surface area contributed by atoms with Crippen LogP contribution in [0.25, 0.3) is 0 Å². The predicted molar refractivity (Wildman–Crippen MR) is 46.7 cm³/mol. The van der Waals surface area contributed by atoms with Crippen LogP contribution in [0.5, 0.6) is 0 Å². The number of benzene rings is 1. The molecule has 4 heteroatoms. The van der Waals surface area contributed by atoms with E-state index in [0.717, 1.165) is 5.56 Å². The molecule has 1 unspecified atom stereocenters. The predicted octanol–water partition coefficient (Wildman–Crippen LogP) is 1.71. The smallest absolute Gasteiger partial charge is 0.330 e. The van der Waals surface area contributed by atoms with Gasteiger partial charge in [0.15, 0.2) is 6.04 Å². The van der Waals surface area contributed by atoms with Crippen LogP contribution in [-0.4, -0.2) is 17.1 Å². The third-order valence-electron chi connectivity index (χ3n) is 1.71. The van der Waals surface area contributed by atoms with Gasteiger partial charge in [-0.15, -0.1) is 0 Å². The molecule has 0 heterocycles. The van der Waals surface area contributed by atoms with Crippen molar-refractivity contribution in [2.24, 2.45) is 5.11 Å². The number of carboxylic acids is 1. The van der Waals surface area contributed by atoms with Gasteiger partial charge < -0.3 is 5.11 Å². The van der Waals surface area contributed by atoms with Crippen molar-refractivity contribution < 1.29 is 9.90 Å². The second kappa shape index (κ2) is 4.35. The average molecular weight is 178 g/mol. The molecular formula is C9H10N2O2. The number of carbonyl (C=O) groups is 1. The van der Waals surface area contributed by atoms with Crippen molar-refractivity contribution >= 4 is 5.97 Å². The molecule has 0 radical (unpaired) electrons. The van der Waals surface area contributed by atoms with Crippen LogP contribution in [0.3, 0.4) is 0 Å². The molecule has 0 saturated heterocycles. The summed E-state index contributed by atoms with van der Waals surface area (Å²) in [5, 5.41) is 11.7. The Balaban J connectivity index is 2.67. The summed E-state index contributed by atoms with van der Waals surface area (Å²) in [4.78, 5) is 10.5. The first-order valence-electron chi connectivity index (χ1n) is 3.87. The third kappa shape index (κ3) is 2.66. The largest absolute Gasteiger partial charge is 0.480 e. The summed E-state index contributed by atoms with van der Waals surface area (Å²) < 4.78 is 0. The fourth-order valence-electron chi connectivity index (χ4n) is 1.03. The number of hydrogen-bond donors (Lipinski definition) is 2. The molecule has 1 aromatic carbocycles. The lowest BCUT2D eigenvalue weighted by atomic mass is 10.1. The van der Waals surface area contributed by atoms with Crippen molar-refractivity contribution in [2.75, 3.05) is 0 Å². The Kier molecular flexibility index (Phi) is 3.14. The van der Waals surface area contributed by atoms with Gasteiger partial charge in [0.2, 0.25) is 0 Å². The molecule has 0 fully saturated rings. The minimum atomic E-state index is -1.06. The summed E-state index contributed by atoms with van der Waals surface area (Å²) in [7, 11) is 0. The SMILES string of the molecule is N=NC(Cc1ccccc1)C(=O)O. The second-order valence-corrected chi connectivity index (χ2v) is 2.67. The molecule has 0 aliphatic carbocycles. The van der Waals surface area contributed by atoms with Crippen molar-refractivity contribution in [3.63, 3.8) is 0 Å². The molecular weight excluding hydrogens is 168 g/mol. The van der Waals surface area contributed by atoms with Crippen molar-refractivity contribution in [3.05, 3.63) is 35.9 Å². The zero-order valence-corrected chi connectivity index (χ0v) is 6.97. The first kappa shape index (κ1) is 9.38. The van der Waals surface area contributed by atoms with Gasteiger partial charge in [0, 0.05) is 6.42 Å². The molecule has 0 amide bonds. The van der Waals surface area contributed by atoms with Gasteiger partial charge in [-0.2, -0.15) is 5.11 Å². The van der Waals surface area contributed by atoms with Gasteiger partial charge in [-0.05, 0) is 5.56 Å². The highest BCUT2D eigenvalue weighted by Crippen LogP contribution is 2.05. The molecule has 0 aliphatic rings. The van der Waals surface area contributed by atoms with Crippen molar-refractivity contribution in [3.8, 4) is 0 Å². The van der Waals surface area contributed by atoms with E-state index in [9.17, 15) is 4.79 Å². The summed E-state index contributed by atoms with van der Waals surface area (Å²) in [5.74, 6) is -1.06. The maximum atomic E-state index is 10.5. The van der Waals surface area contributed by atoms with Crippen molar-refractivity contribution in [1.29, 1.82) is 5.53 Å². The zero-order valence-electron chi connectivity index (χ0n) is 6.97. The summed E-state index contributed by atoms with van der Waals surface area (Å²) in [6.45, 7) is 0. The molecule has 1 rings (SSSR count). The molecule has 0 aliphatic heterocycles. The summed E-state index contributed by atoms with van der Waals surface area (Å²) in [5.41, 5.74) is 7.56. The van der Waals surface area contributed by atoms with Crippen LogP contribution in [0.15, 0.2) is 35.4 Å². The Labute approximate surface area is 75.7 Å².